The van der Waals surface area contributed by atoms with Crippen molar-refractivity contribution >= 4 is 22.5 Å². The number of rotatable bonds is 3. The molecular formula is C18H13N5O. The van der Waals surface area contributed by atoms with E-state index in [1.54, 1.807) is 36.8 Å². The lowest BCUT2D eigenvalue weighted by molar-refractivity contribution is 0.475. The second kappa shape index (κ2) is 5.92. The summed E-state index contributed by atoms with van der Waals surface area (Å²) in [5.41, 5.74) is 2.18. The second-order valence-corrected chi connectivity index (χ2v) is 5.18. The minimum absolute atomic E-state index is 0.167. The van der Waals surface area contributed by atoms with E-state index in [1.165, 1.54) is 0 Å². The standard InChI is InChI=1S/C18H13N5O/c24-14-4-1-3-12(11-14)16-22-17-15(5-2-8-20-17)18(23-16)21-13-6-9-19-10-7-13/h1-11,24H,(H,19,20,21,22,23). The molecule has 0 fully saturated rings. The molecule has 6 nitrogen and oxygen atoms in total. The predicted octanol–water partition coefficient (Wildman–Crippen LogP) is 3.54. The highest BCUT2D eigenvalue weighted by atomic mass is 16.3. The van der Waals surface area contributed by atoms with E-state index in [0.717, 1.165) is 16.6 Å². The second-order valence-electron chi connectivity index (χ2n) is 5.18. The number of hydrogen-bond acceptors (Lipinski definition) is 6. The Morgan fingerprint density at radius 3 is 2.58 bits per heavy atom. The largest absolute Gasteiger partial charge is 0.508 e. The molecule has 116 valence electrons. The van der Waals surface area contributed by atoms with Gasteiger partial charge in [-0.1, -0.05) is 12.1 Å². The summed E-state index contributed by atoms with van der Waals surface area (Å²) in [5, 5.41) is 13.8. The number of benzene rings is 1. The Hall–Kier alpha value is -3.54. The van der Waals surface area contributed by atoms with E-state index in [2.05, 4.69) is 25.3 Å². The number of phenols is 1. The number of pyridine rings is 2. The summed E-state index contributed by atoms with van der Waals surface area (Å²) >= 11 is 0. The Labute approximate surface area is 137 Å². The highest BCUT2D eigenvalue weighted by Gasteiger charge is 2.11. The monoisotopic (exact) mass is 315 g/mol. The van der Waals surface area contributed by atoms with E-state index in [4.69, 9.17) is 0 Å². The van der Waals surface area contributed by atoms with Gasteiger partial charge < -0.3 is 10.4 Å². The van der Waals surface area contributed by atoms with Crippen LogP contribution in [0.5, 0.6) is 5.75 Å². The third-order valence-electron chi connectivity index (χ3n) is 3.52. The Balaban J connectivity index is 1.88. The molecule has 0 aliphatic heterocycles. The van der Waals surface area contributed by atoms with Crippen molar-refractivity contribution in [3.63, 3.8) is 0 Å². The van der Waals surface area contributed by atoms with E-state index in [9.17, 15) is 5.11 Å². The molecule has 4 aromatic rings. The van der Waals surface area contributed by atoms with E-state index in [-0.39, 0.29) is 5.75 Å². The van der Waals surface area contributed by atoms with Gasteiger partial charge in [-0.15, -0.1) is 0 Å². The Bertz CT molecular complexity index is 1000. The van der Waals surface area contributed by atoms with Crippen LogP contribution in [0.4, 0.5) is 11.5 Å². The van der Waals surface area contributed by atoms with Gasteiger partial charge in [0.25, 0.3) is 0 Å². The highest BCUT2D eigenvalue weighted by Crippen LogP contribution is 2.27. The van der Waals surface area contributed by atoms with Crippen LogP contribution in [0.15, 0.2) is 67.1 Å². The van der Waals surface area contributed by atoms with Crippen LogP contribution in [0.2, 0.25) is 0 Å². The molecule has 0 saturated carbocycles. The van der Waals surface area contributed by atoms with Crippen molar-refractivity contribution in [3.8, 4) is 17.1 Å². The molecule has 1 aromatic carbocycles. The Morgan fingerprint density at radius 1 is 0.875 bits per heavy atom. The zero-order chi connectivity index (χ0) is 16.4. The van der Waals surface area contributed by atoms with E-state index in [1.807, 2.05) is 30.3 Å². The molecule has 4 rings (SSSR count). The van der Waals surface area contributed by atoms with Crippen LogP contribution >= 0.6 is 0 Å². The van der Waals surface area contributed by atoms with Gasteiger partial charge in [-0.25, -0.2) is 15.0 Å². The van der Waals surface area contributed by atoms with Crippen molar-refractivity contribution < 1.29 is 5.11 Å². The number of nitrogens with one attached hydrogen (secondary N) is 1. The molecule has 0 aliphatic rings. The Kier molecular flexibility index (Phi) is 3.47. The van der Waals surface area contributed by atoms with Gasteiger partial charge in [0.2, 0.25) is 0 Å². The minimum atomic E-state index is 0.167. The molecule has 2 N–H and O–H groups in total. The number of hydrogen-bond donors (Lipinski definition) is 2. The number of aromatic hydroxyl groups is 1. The zero-order valence-corrected chi connectivity index (χ0v) is 12.6. The lowest BCUT2D eigenvalue weighted by Gasteiger charge is -2.10. The molecule has 0 saturated heterocycles. The first-order valence-corrected chi connectivity index (χ1v) is 7.39. The summed E-state index contributed by atoms with van der Waals surface area (Å²) in [6.45, 7) is 0. The molecule has 0 spiro atoms. The van der Waals surface area contributed by atoms with Crippen molar-refractivity contribution in [2.24, 2.45) is 0 Å². The van der Waals surface area contributed by atoms with Crippen LogP contribution in [0.1, 0.15) is 0 Å². The lowest BCUT2D eigenvalue weighted by atomic mass is 10.2. The van der Waals surface area contributed by atoms with Crippen molar-refractivity contribution in [3.05, 3.63) is 67.1 Å². The average molecular weight is 315 g/mol. The Morgan fingerprint density at radius 2 is 1.75 bits per heavy atom. The minimum Gasteiger partial charge on any atom is -0.508 e. The van der Waals surface area contributed by atoms with Crippen LogP contribution in [0.3, 0.4) is 0 Å². The molecule has 3 aromatic heterocycles. The fraction of sp³-hybridized carbons (Fsp3) is 0. The van der Waals surface area contributed by atoms with Gasteiger partial charge >= 0.3 is 0 Å². The molecule has 0 radical (unpaired) electrons. The fourth-order valence-corrected chi connectivity index (χ4v) is 2.40. The topological polar surface area (TPSA) is 83.8 Å². The smallest absolute Gasteiger partial charge is 0.165 e. The molecule has 3 heterocycles. The molecule has 0 bridgehead atoms. The van der Waals surface area contributed by atoms with E-state index in [0.29, 0.717) is 17.3 Å². The summed E-state index contributed by atoms with van der Waals surface area (Å²) in [5.74, 6) is 1.31. The maximum Gasteiger partial charge on any atom is 0.165 e. The summed E-state index contributed by atoms with van der Waals surface area (Å²) in [6, 6.07) is 14.3. The van der Waals surface area contributed by atoms with Gasteiger partial charge in [0.05, 0.1) is 5.39 Å². The summed E-state index contributed by atoms with van der Waals surface area (Å²) in [6.07, 6.45) is 5.11. The third-order valence-corrected chi connectivity index (χ3v) is 3.52. The first kappa shape index (κ1) is 14.1. The quantitative estimate of drug-likeness (QED) is 0.601. The average Bonchev–Trinajstić information content (AvgIpc) is 2.62. The van der Waals surface area contributed by atoms with Gasteiger partial charge in [-0.3, -0.25) is 4.98 Å². The van der Waals surface area contributed by atoms with Gasteiger partial charge in [-0.2, -0.15) is 0 Å². The highest BCUT2D eigenvalue weighted by molar-refractivity contribution is 5.89. The van der Waals surface area contributed by atoms with Gasteiger partial charge in [0.15, 0.2) is 11.5 Å². The van der Waals surface area contributed by atoms with Crippen LogP contribution in [-0.4, -0.2) is 25.0 Å². The number of anilines is 2. The molecular weight excluding hydrogens is 302 g/mol. The van der Waals surface area contributed by atoms with Crippen molar-refractivity contribution in [1.29, 1.82) is 0 Å². The molecule has 6 heteroatoms. The van der Waals surface area contributed by atoms with E-state index >= 15 is 0 Å². The van der Waals surface area contributed by atoms with Gasteiger partial charge in [0.1, 0.15) is 11.6 Å². The normalized spacial score (nSPS) is 10.7. The van der Waals surface area contributed by atoms with Crippen molar-refractivity contribution in [1.82, 2.24) is 19.9 Å². The fourth-order valence-electron chi connectivity index (χ4n) is 2.40. The summed E-state index contributed by atoms with van der Waals surface area (Å²) in [4.78, 5) is 17.5. The van der Waals surface area contributed by atoms with Gasteiger partial charge in [-0.05, 0) is 36.4 Å². The van der Waals surface area contributed by atoms with Crippen molar-refractivity contribution in [2.75, 3.05) is 5.32 Å². The van der Waals surface area contributed by atoms with Gasteiger partial charge in [0, 0.05) is 29.8 Å². The molecule has 0 atom stereocenters. The molecule has 0 unspecified atom stereocenters. The number of fused-ring (bicyclic) bond motifs is 1. The molecule has 0 aliphatic carbocycles. The zero-order valence-electron chi connectivity index (χ0n) is 12.6. The lowest BCUT2D eigenvalue weighted by Crippen LogP contribution is -2.00. The summed E-state index contributed by atoms with van der Waals surface area (Å²) < 4.78 is 0. The number of aromatic nitrogens is 4. The maximum atomic E-state index is 9.70. The van der Waals surface area contributed by atoms with Crippen LogP contribution < -0.4 is 5.32 Å². The van der Waals surface area contributed by atoms with Crippen LogP contribution in [0, 0.1) is 0 Å². The number of nitrogens with zero attached hydrogens (tertiary/aromatic N) is 4. The van der Waals surface area contributed by atoms with E-state index < -0.39 is 0 Å². The molecule has 0 amide bonds. The summed E-state index contributed by atoms with van der Waals surface area (Å²) in [7, 11) is 0. The predicted molar refractivity (Wildman–Crippen MR) is 92.0 cm³/mol. The van der Waals surface area contributed by atoms with Crippen LogP contribution in [-0.2, 0) is 0 Å². The molecule has 24 heavy (non-hydrogen) atoms. The third kappa shape index (κ3) is 2.72. The van der Waals surface area contributed by atoms with Crippen LogP contribution in [0.25, 0.3) is 22.4 Å². The number of phenolic OH excluding ortho intramolecular Hbond substituents is 1. The maximum absolute atomic E-state index is 9.70. The van der Waals surface area contributed by atoms with Crippen molar-refractivity contribution in [2.45, 2.75) is 0 Å². The first-order chi connectivity index (χ1) is 11.8. The first-order valence-electron chi connectivity index (χ1n) is 7.39. The SMILES string of the molecule is Oc1cccc(-c2nc(Nc3ccncc3)c3cccnc3n2)c1.